The topological polar surface area (TPSA) is 76.2 Å². The van der Waals surface area contributed by atoms with Gasteiger partial charge in [-0.2, -0.15) is 0 Å². The molecule has 0 saturated heterocycles. The molecule has 7 heteroatoms. The number of rotatable bonds is 3. The lowest BCUT2D eigenvalue weighted by Gasteiger charge is -2.08. The van der Waals surface area contributed by atoms with Gasteiger partial charge >= 0.3 is 5.97 Å². The van der Waals surface area contributed by atoms with Crippen LogP contribution in [-0.2, 0) is 6.54 Å². The van der Waals surface area contributed by atoms with E-state index in [9.17, 15) is 13.6 Å². The van der Waals surface area contributed by atoms with Gasteiger partial charge in [-0.3, -0.25) is 0 Å². The Morgan fingerprint density at radius 3 is 2.67 bits per heavy atom. The highest BCUT2D eigenvalue weighted by molar-refractivity contribution is 6.33. The molecule has 82 valence electrons. The molecule has 1 rings (SSSR count). The third-order valence-electron chi connectivity index (χ3n) is 1.72. The van der Waals surface area contributed by atoms with Crippen LogP contribution in [0.25, 0.3) is 0 Å². The van der Waals surface area contributed by atoms with Crippen molar-refractivity contribution >= 4 is 17.6 Å². The highest BCUT2D eigenvalue weighted by Gasteiger charge is 2.19. The van der Waals surface area contributed by atoms with Crippen LogP contribution in [0, 0.1) is 0 Å². The molecule has 0 aromatic carbocycles. The summed E-state index contributed by atoms with van der Waals surface area (Å²) in [6.07, 6.45) is -2.78. The third-order valence-corrected chi connectivity index (χ3v) is 2.01. The van der Waals surface area contributed by atoms with Crippen LogP contribution in [0.4, 0.5) is 8.78 Å². The Bertz CT molecular complexity index is 398. The molecule has 0 amide bonds. The Labute approximate surface area is 88.7 Å². The number of pyridine rings is 1. The molecule has 15 heavy (non-hydrogen) atoms. The molecule has 3 N–H and O–H groups in total. The van der Waals surface area contributed by atoms with Gasteiger partial charge in [0.05, 0.1) is 10.7 Å². The van der Waals surface area contributed by atoms with Gasteiger partial charge < -0.3 is 10.8 Å². The third kappa shape index (κ3) is 2.40. The number of carbonyl (C=O) groups is 1. The molecule has 0 aliphatic carbocycles. The maximum Gasteiger partial charge on any atom is 0.356 e. The van der Waals surface area contributed by atoms with E-state index in [0.717, 1.165) is 6.07 Å². The average molecular weight is 237 g/mol. The van der Waals surface area contributed by atoms with Gasteiger partial charge in [0.1, 0.15) is 0 Å². The SMILES string of the molecule is NCc1nc(C(=O)O)c(Cl)cc1C(F)F. The van der Waals surface area contributed by atoms with Gasteiger partial charge in [-0.15, -0.1) is 0 Å². The number of nitrogens with two attached hydrogens (primary N) is 1. The van der Waals surface area contributed by atoms with Crippen LogP contribution in [0.1, 0.15) is 28.2 Å². The first-order valence-electron chi connectivity index (χ1n) is 3.88. The summed E-state index contributed by atoms with van der Waals surface area (Å²) in [7, 11) is 0. The molecule has 0 unspecified atom stereocenters. The minimum absolute atomic E-state index is 0.160. The minimum atomic E-state index is -2.78. The van der Waals surface area contributed by atoms with Gasteiger partial charge in [-0.25, -0.2) is 18.6 Å². The summed E-state index contributed by atoms with van der Waals surface area (Å²) in [5, 5.41) is 8.32. The number of aromatic carboxylic acids is 1. The predicted octanol–water partition coefficient (Wildman–Crippen LogP) is 1.83. The number of aromatic nitrogens is 1. The number of hydrogen-bond acceptors (Lipinski definition) is 3. The van der Waals surface area contributed by atoms with Gasteiger partial charge in [0.2, 0.25) is 0 Å². The van der Waals surface area contributed by atoms with Crippen LogP contribution in [0.15, 0.2) is 6.07 Å². The Hall–Kier alpha value is -1.27. The van der Waals surface area contributed by atoms with E-state index >= 15 is 0 Å². The summed E-state index contributed by atoms with van der Waals surface area (Å²) in [5.74, 6) is -1.38. The summed E-state index contributed by atoms with van der Waals surface area (Å²) in [5.41, 5.74) is 4.11. The van der Waals surface area contributed by atoms with E-state index in [1.54, 1.807) is 0 Å². The van der Waals surface area contributed by atoms with E-state index in [4.69, 9.17) is 22.4 Å². The van der Waals surface area contributed by atoms with Gasteiger partial charge in [0.25, 0.3) is 6.43 Å². The Morgan fingerprint density at radius 2 is 2.27 bits per heavy atom. The monoisotopic (exact) mass is 236 g/mol. The molecular formula is C8H7ClF2N2O2. The highest BCUT2D eigenvalue weighted by Crippen LogP contribution is 2.26. The summed E-state index contributed by atoms with van der Waals surface area (Å²) in [6.45, 7) is -0.267. The molecule has 1 aromatic rings. The minimum Gasteiger partial charge on any atom is -0.476 e. The number of halogens is 3. The Kier molecular flexibility index (Phi) is 3.54. The molecule has 0 aliphatic rings. The molecule has 1 aromatic heterocycles. The molecule has 0 spiro atoms. The average Bonchev–Trinajstić information content (AvgIpc) is 2.16. The van der Waals surface area contributed by atoms with E-state index < -0.39 is 23.7 Å². The van der Waals surface area contributed by atoms with Crippen LogP contribution in [0.5, 0.6) is 0 Å². The lowest BCUT2D eigenvalue weighted by molar-refractivity contribution is 0.0689. The summed E-state index contributed by atoms with van der Waals surface area (Å²) in [4.78, 5) is 14.1. The normalized spacial score (nSPS) is 10.7. The zero-order valence-corrected chi connectivity index (χ0v) is 8.13. The summed E-state index contributed by atoms with van der Waals surface area (Å²) >= 11 is 5.48. The van der Waals surface area contributed by atoms with Crippen LogP contribution in [0.2, 0.25) is 5.02 Å². The van der Waals surface area contributed by atoms with Crippen molar-refractivity contribution in [3.05, 3.63) is 28.0 Å². The zero-order valence-electron chi connectivity index (χ0n) is 7.38. The molecule has 1 heterocycles. The molecule has 0 saturated carbocycles. The van der Waals surface area contributed by atoms with E-state index in [-0.39, 0.29) is 17.3 Å². The molecule has 0 bridgehead atoms. The summed E-state index contributed by atoms with van der Waals surface area (Å²) in [6, 6.07) is 0.880. The van der Waals surface area contributed by atoms with Crippen molar-refractivity contribution in [3.63, 3.8) is 0 Å². The van der Waals surface area contributed by atoms with Crippen LogP contribution < -0.4 is 5.73 Å². The van der Waals surface area contributed by atoms with Crippen LogP contribution >= 0.6 is 11.6 Å². The van der Waals surface area contributed by atoms with E-state index in [0.29, 0.717) is 0 Å². The van der Waals surface area contributed by atoms with Crippen molar-refractivity contribution < 1.29 is 18.7 Å². The molecule has 0 aliphatic heterocycles. The van der Waals surface area contributed by atoms with Crippen molar-refractivity contribution in [2.75, 3.05) is 0 Å². The molecule has 0 atom stereocenters. The number of hydrogen-bond donors (Lipinski definition) is 2. The molecular weight excluding hydrogens is 230 g/mol. The Morgan fingerprint density at radius 1 is 1.67 bits per heavy atom. The number of alkyl halides is 2. The predicted molar refractivity (Wildman–Crippen MR) is 49.1 cm³/mol. The van der Waals surface area contributed by atoms with Crippen molar-refractivity contribution in [2.24, 2.45) is 5.73 Å². The van der Waals surface area contributed by atoms with Crippen molar-refractivity contribution in [1.82, 2.24) is 4.98 Å². The number of nitrogens with zero attached hydrogens (tertiary/aromatic N) is 1. The van der Waals surface area contributed by atoms with Crippen molar-refractivity contribution in [2.45, 2.75) is 13.0 Å². The highest BCUT2D eigenvalue weighted by atomic mass is 35.5. The number of carboxylic acid groups (broad SMARTS) is 1. The van der Waals surface area contributed by atoms with Crippen LogP contribution in [0.3, 0.4) is 0 Å². The maximum atomic E-state index is 12.4. The summed E-state index contributed by atoms with van der Waals surface area (Å²) < 4.78 is 24.9. The molecule has 0 fully saturated rings. The van der Waals surface area contributed by atoms with Crippen LogP contribution in [-0.4, -0.2) is 16.1 Å². The lowest BCUT2D eigenvalue weighted by Crippen LogP contribution is -2.11. The first kappa shape index (κ1) is 11.8. The molecule has 0 radical (unpaired) electrons. The Balaban J connectivity index is 3.35. The van der Waals surface area contributed by atoms with Gasteiger partial charge in [0.15, 0.2) is 5.69 Å². The fourth-order valence-corrected chi connectivity index (χ4v) is 1.28. The van der Waals surface area contributed by atoms with E-state index in [1.807, 2.05) is 0 Å². The maximum absolute atomic E-state index is 12.4. The van der Waals surface area contributed by atoms with Crippen molar-refractivity contribution in [1.29, 1.82) is 0 Å². The van der Waals surface area contributed by atoms with E-state index in [2.05, 4.69) is 4.98 Å². The zero-order chi connectivity index (χ0) is 11.6. The second-order valence-electron chi connectivity index (χ2n) is 2.66. The second-order valence-corrected chi connectivity index (χ2v) is 3.07. The smallest absolute Gasteiger partial charge is 0.356 e. The van der Waals surface area contributed by atoms with Gasteiger partial charge in [0, 0.05) is 12.1 Å². The van der Waals surface area contributed by atoms with Gasteiger partial charge in [-0.1, -0.05) is 11.6 Å². The fourth-order valence-electron chi connectivity index (χ4n) is 1.04. The van der Waals surface area contributed by atoms with Gasteiger partial charge in [-0.05, 0) is 6.07 Å². The largest absolute Gasteiger partial charge is 0.476 e. The quantitative estimate of drug-likeness (QED) is 0.839. The lowest BCUT2D eigenvalue weighted by atomic mass is 10.1. The van der Waals surface area contributed by atoms with E-state index in [1.165, 1.54) is 0 Å². The number of carboxylic acids is 1. The first-order chi connectivity index (χ1) is 6.97. The fraction of sp³-hybridized carbons (Fsp3) is 0.250. The standard InChI is InChI=1S/C8H7ClF2N2O2/c9-4-1-3(7(10)11)5(2-12)13-6(4)8(14)15/h1,7H,2,12H2,(H,14,15). The first-order valence-corrected chi connectivity index (χ1v) is 4.26. The second kappa shape index (κ2) is 4.50. The van der Waals surface area contributed by atoms with Crippen molar-refractivity contribution in [3.8, 4) is 0 Å². The molecule has 4 nitrogen and oxygen atoms in total.